The highest BCUT2D eigenvalue weighted by molar-refractivity contribution is 6.06. The summed E-state index contributed by atoms with van der Waals surface area (Å²) in [5, 5.41) is 6.44. The van der Waals surface area contributed by atoms with Crippen molar-refractivity contribution < 1.29 is 9.53 Å². The van der Waals surface area contributed by atoms with Gasteiger partial charge < -0.3 is 20.3 Å². The molecule has 0 spiro atoms. The molecule has 8 heteroatoms. The molecule has 8 nitrogen and oxygen atoms in total. The Morgan fingerprint density at radius 2 is 2.11 bits per heavy atom. The number of benzene rings is 1. The van der Waals surface area contributed by atoms with Crippen LogP contribution in [-0.4, -0.2) is 52.5 Å². The molecule has 0 bridgehead atoms. The van der Waals surface area contributed by atoms with Gasteiger partial charge in [-0.1, -0.05) is 12.1 Å². The predicted octanol–water partition coefficient (Wildman–Crippen LogP) is 4.26. The summed E-state index contributed by atoms with van der Waals surface area (Å²) in [5.41, 5.74) is 8.71. The fourth-order valence-electron chi connectivity index (χ4n) is 5.27. The van der Waals surface area contributed by atoms with Gasteiger partial charge in [0.15, 0.2) is 0 Å². The largest absolute Gasteiger partial charge is 0.381 e. The average Bonchev–Trinajstić information content (AvgIpc) is 3.60. The lowest BCUT2D eigenvalue weighted by atomic mass is 9.96. The van der Waals surface area contributed by atoms with Gasteiger partial charge in [0.05, 0.1) is 35.4 Å². The van der Waals surface area contributed by atoms with Crippen LogP contribution in [0.3, 0.4) is 0 Å². The van der Waals surface area contributed by atoms with E-state index in [0.717, 1.165) is 71.4 Å². The monoisotopic (exact) mass is 482 g/mol. The predicted molar refractivity (Wildman–Crippen MR) is 140 cm³/mol. The maximum absolute atomic E-state index is 12.9. The van der Waals surface area contributed by atoms with E-state index in [0.29, 0.717) is 18.0 Å². The summed E-state index contributed by atoms with van der Waals surface area (Å²) in [4.78, 5) is 24.6. The van der Waals surface area contributed by atoms with E-state index in [-0.39, 0.29) is 5.91 Å². The second-order valence-electron chi connectivity index (χ2n) is 9.93. The number of amides is 1. The van der Waals surface area contributed by atoms with E-state index in [2.05, 4.69) is 56.1 Å². The summed E-state index contributed by atoms with van der Waals surface area (Å²) in [5.74, 6) is 1.03. The molecule has 1 fully saturated rings. The van der Waals surface area contributed by atoms with Crippen LogP contribution in [0, 0.1) is 6.92 Å². The number of nitrogens with one attached hydrogen (secondary N) is 2. The average molecular weight is 483 g/mol. The minimum Gasteiger partial charge on any atom is -0.381 e. The fourth-order valence-corrected chi connectivity index (χ4v) is 5.27. The molecule has 6 rings (SSSR count). The summed E-state index contributed by atoms with van der Waals surface area (Å²) in [6.45, 7) is 4.82. The number of carbonyl (C=O) groups excluding carboxylic acids is 1. The third-order valence-corrected chi connectivity index (χ3v) is 7.02. The smallest absolute Gasteiger partial charge is 0.254 e. The number of aromatic nitrogens is 3. The normalized spacial score (nSPS) is 17.1. The fraction of sp³-hybridized carbons (Fsp3) is 0.321. The lowest BCUT2D eigenvalue weighted by molar-refractivity contribution is 0.0966. The van der Waals surface area contributed by atoms with Crippen LogP contribution in [0.4, 0.5) is 11.5 Å². The van der Waals surface area contributed by atoms with Gasteiger partial charge in [0.1, 0.15) is 11.5 Å². The molecule has 0 unspecified atom stereocenters. The molecule has 36 heavy (non-hydrogen) atoms. The first-order chi connectivity index (χ1) is 17.5. The van der Waals surface area contributed by atoms with Gasteiger partial charge >= 0.3 is 0 Å². The first kappa shape index (κ1) is 22.7. The van der Waals surface area contributed by atoms with Gasteiger partial charge in [0, 0.05) is 37.4 Å². The van der Waals surface area contributed by atoms with Gasteiger partial charge in [-0.15, -0.1) is 0 Å². The Morgan fingerprint density at radius 3 is 2.92 bits per heavy atom. The second-order valence-corrected chi connectivity index (χ2v) is 9.93. The number of rotatable bonds is 6. The van der Waals surface area contributed by atoms with Crippen molar-refractivity contribution in [2.24, 2.45) is 0 Å². The minimum atomic E-state index is -0.0766. The van der Waals surface area contributed by atoms with Crippen molar-refractivity contribution >= 4 is 23.1 Å². The standard InChI is InChI=1S/C28H30N6O2/c1-17-8-10-34-24(14-29-26(34)12-17)20-4-6-22(27-21(20)13-30-28(27)35)31-25-7-5-19(18-9-11-36-16-18)23(32-25)15-33(2)3/h4-8,10,12,14,18H,9,11,13,15-16H2,1-3H3,(H,30,35)(H,31,32)/t18-/m1/s1. The molecule has 4 aromatic rings. The van der Waals surface area contributed by atoms with Crippen molar-refractivity contribution in [2.75, 3.05) is 32.6 Å². The minimum absolute atomic E-state index is 0.0766. The van der Waals surface area contributed by atoms with E-state index in [1.165, 1.54) is 5.56 Å². The van der Waals surface area contributed by atoms with Gasteiger partial charge in [-0.3, -0.25) is 9.20 Å². The number of ether oxygens (including phenoxy) is 1. The highest BCUT2D eigenvalue weighted by Crippen LogP contribution is 2.36. The molecule has 0 aliphatic carbocycles. The van der Waals surface area contributed by atoms with Crippen LogP contribution in [0.2, 0.25) is 0 Å². The summed E-state index contributed by atoms with van der Waals surface area (Å²) < 4.78 is 7.69. The molecule has 184 valence electrons. The molecular weight excluding hydrogens is 452 g/mol. The lowest BCUT2D eigenvalue weighted by Crippen LogP contribution is -2.16. The van der Waals surface area contributed by atoms with Crippen molar-refractivity contribution in [1.29, 1.82) is 0 Å². The van der Waals surface area contributed by atoms with E-state index in [1.54, 1.807) is 0 Å². The Morgan fingerprint density at radius 1 is 1.22 bits per heavy atom. The molecule has 0 radical (unpaired) electrons. The highest BCUT2D eigenvalue weighted by atomic mass is 16.5. The second kappa shape index (κ2) is 9.04. The van der Waals surface area contributed by atoms with Crippen LogP contribution >= 0.6 is 0 Å². The number of aryl methyl sites for hydroxylation is 1. The topological polar surface area (TPSA) is 83.8 Å². The van der Waals surface area contributed by atoms with E-state index in [1.807, 2.05) is 38.6 Å². The molecule has 0 saturated carbocycles. The summed E-state index contributed by atoms with van der Waals surface area (Å²) in [6, 6.07) is 12.3. The van der Waals surface area contributed by atoms with Crippen molar-refractivity contribution in [1.82, 2.24) is 24.6 Å². The van der Waals surface area contributed by atoms with E-state index in [9.17, 15) is 4.79 Å². The zero-order chi connectivity index (χ0) is 24.8. The Hall–Kier alpha value is -3.75. The van der Waals surface area contributed by atoms with Crippen LogP contribution < -0.4 is 10.6 Å². The molecular formula is C28H30N6O2. The molecule has 3 aromatic heterocycles. The highest BCUT2D eigenvalue weighted by Gasteiger charge is 2.28. The first-order valence-corrected chi connectivity index (χ1v) is 12.4. The van der Waals surface area contributed by atoms with Gasteiger partial charge in [-0.2, -0.15) is 0 Å². The van der Waals surface area contributed by atoms with Gasteiger partial charge in [0.2, 0.25) is 0 Å². The van der Waals surface area contributed by atoms with Crippen molar-refractivity contribution in [3.05, 3.63) is 76.7 Å². The summed E-state index contributed by atoms with van der Waals surface area (Å²) in [6.07, 6.45) is 4.93. The molecule has 5 heterocycles. The van der Waals surface area contributed by atoms with E-state index < -0.39 is 0 Å². The molecule has 2 N–H and O–H groups in total. The maximum Gasteiger partial charge on any atom is 0.254 e. The number of pyridine rings is 2. The Labute approximate surface area is 210 Å². The lowest BCUT2D eigenvalue weighted by Gasteiger charge is -2.19. The van der Waals surface area contributed by atoms with Crippen LogP contribution in [0.15, 0.2) is 48.8 Å². The molecule has 1 amide bonds. The van der Waals surface area contributed by atoms with Gasteiger partial charge in [-0.05, 0) is 68.4 Å². The Balaban J connectivity index is 1.38. The zero-order valence-electron chi connectivity index (χ0n) is 20.8. The number of hydrogen-bond acceptors (Lipinski definition) is 6. The Bertz CT molecular complexity index is 1470. The van der Waals surface area contributed by atoms with E-state index >= 15 is 0 Å². The quantitative estimate of drug-likeness (QED) is 0.427. The number of anilines is 2. The molecule has 1 atom stereocenters. The first-order valence-electron chi connectivity index (χ1n) is 12.4. The van der Waals surface area contributed by atoms with Crippen molar-refractivity contribution in [3.8, 4) is 11.3 Å². The van der Waals surface area contributed by atoms with Crippen molar-refractivity contribution in [2.45, 2.75) is 32.4 Å². The van der Waals surface area contributed by atoms with Crippen molar-refractivity contribution in [3.63, 3.8) is 0 Å². The number of hydrogen-bond donors (Lipinski definition) is 2. The number of fused-ring (bicyclic) bond motifs is 2. The Kier molecular flexibility index (Phi) is 5.70. The van der Waals surface area contributed by atoms with E-state index in [4.69, 9.17) is 9.72 Å². The zero-order valence-corrected chi connectivity index (χ0v) is 20.8. The molecule has 2 aliphatic heterocycles. The summed E-state index contributed by atoms with van der Waals surface area (Å²) in [7, 11) is 4.10. The molecule has 1 saturated heterocycles. The summed E-state index contributed by atoms with van der Waals surface area (Å²) >= 11 is 0. The number of carbonyl (C=O) groups is 1. The number of nitrogens with zero attached hydrogens (tertiary/aromatic N) is 4. The number of imidazole rings is 1. The maximum atomic E-state index is 12.9. The van der Waals surface area contributed by atoms with Crippen LogP contribution in [0.1, 0.15) is 45.1 Å². The van der Waals surface area contributed by atoms with Crippen LogP contribution in [-0.2, 0) is 17.8 Å². The third kappa shape index (κ3) is 4.02. The van der Waals surface area contributed by atoms with Crippen LogP contribution in [0.5, 0.6) is 0 Å². The molecule has 2 aliphatic rings. The van der Waals surface area contributed by atoms with Gasteiger partial charge in [-0.25, -0.2) is 9.97 Å². The molecule has 1 aromatic carbocycles. The van der Waals surface area contributed by atoms with Gasteiger partial charge in [0.25, 0.3) is 5.91 Å². The van der Waals surface area contributed by atoms with Crippen LogP contribution in [0.25, 0.3) is 16.9 Å². The third-order valence-electron chi connectivity index (χ3n) is 7.02. The SMILES string of the molecule is Cc1ccn2c(-c3ccc(Nc4ccc([C@@H]5CCOC5)c(CN(C)C)n4)c4c3CNC4=O)cnc2c1.